The maximum atomic E-state index is 10.6. The van der Waals surface area contributed by atoms with Crippen molar-refractivity contribution in [3.8, 4) is 16.2 Å². The third-order valence-corrected chi connectivity index (χ3v) is 3.24. The number of hydrogen-bond acceptors (Lipinski definition) is 3. The third kappa shape index (κ3) is 2.85. The van der Waals surface area contributed by atoms with Crippen molar-refractivity contribution in [2.45, 2.75) is 13.0 Å². The minimum absolute atomic E-state index is 0.570. The van der Waals surface area contributed by atoms with Gasteiger partial charge < -0.3 is 9.84 Å². The minimum atomic E-state index is -0.965. The van der Waals surface area contributed by atoms with E-state index in [1.807, 2.05) is 29.6 Å². The first kappa shape index (κ1) is 11.7. The summed E-state index contributed by atoms with van der Waals surface area (Å²) in [6, 6.07) is 11.5. The average molecular weight is 248 g/mol. The van der Waals surface area contributed by atoms with E-state index < -0.39 is 12.1 Å². The van der Waals surface area contributed by atoms with Crippen LogP contribution in [0.5, 0.6) is 5.75 Å². The van der Waals surface area contributed by atoms with E-state index in [0.717, 1.165) is 5.56 Å². The molecule has 2 aromatic rings. The van der Waals surface area contributed by atoms with Gasteiger partial charge in [-0.1, -0.05) is 6.07 Å². The fourth-order valence-electron chi connectivity index (χ4n) is 1.40. The molecule has 0 amide bonds. The highest BCUT2D eigenvalue weighted by Gasteiger charge is 2.12. The predicted octanol–water partition coefficient (Wildman–Crippen LogP) is 3.27. The maximum Gasteiger partial charge on any atom is 0.344 e. The number of hydrogen-bond donors (Lipinski definition) is 1. The van der Waals surface area contributed by atoms with Gasteiger partial charge in [0, 0.05) is 4.88 Å². The van der Waals surface area contributed by atoms with Crippen LogP contribution < -0.4 is 4.74 Å². The standard InChI is InChI=1S/C13H12O3S/c1-9(13(14)15)16-11-6-4-10(5-7-11)12-3-2-8-17-12/h2-9H,1H3,(H,14,15). The molecule has 1 heterocycles. The Kier molecular flexibility index (Phi) is 3.44. The molecular weight excluding hydrogens is 236 g/mol. The molecule has 1 aromatic carbocycles. The van der Waals surface area contributed by atoms with Crippen LogP contribution in [0.2, 0.25) is 0 Å². The summed E-state index contributed by atoms with van der Waals surface area (Å²) < 4.78 is 5.25. The second kappa shape index (κ2) is 5.01. The predicted molar refractivity (Wildman–Crippen MR) is 67.5 cm³/mol. The van der Waals surface area contributed by atoms with Crippen LogP contribution in [0, 0.1) is 0 Å². The number of carboxylic acid groups (broad SMARTS) is 1. The average Bonchev–Trinajstić information content (AvgIpc) is 2.83. The van der Waals surface area contributed by atoms with E-state index in [2.05, 4.69) is 0 Å². The van der Waals surface area contributed by atoms with Crippen molar-refractivity contribution in [2.75, 3.05) is 0 Å². The Morgan fingerprint density at radius 1 is 1.29 bits per heavy atom. The van der Waals surface area contributed by atoms with E-state index >= 15 is 0 Å². The van der Waals surface area contributed by atoms with Crippen LogP contribution in [0.15, 0.2) is 41.8 Å². The molecule has 88 valence electrons. The van der Waals surface area contributed by atoms with Crippen LogP contribution in [-0.4, -0.2) is 17.2 Å². The van der Waals surface area contributed by atoms with Crippen molar-refractivity contribution >= 4 is 17.3 Å². The van der Waals surface area contributed by atoms with E-state index in [1.165, 1.54) is 11.8 Å². The highest BCUT2D eigenvalue weighted by molar-refractivity contribution is 7.13. The first-order valence-corrected chi connectivity index (χ1v) is 6.08. The van der Waals surface area contributed by atoms with E-state index in [0.29, 0.717) is 5.75 Å². The Bertz CT molecular complexity index is 488. The molecule has 1 aromatic heterocycles. The summed E-state index contributed by atoms with van der Waals surface area (Å²) in [4.78, 5) is 11.8. The molecule has 0 aliphatic heterocycles. The second-order valence-corrected chi connectivity index (χ2v) is 4.55. The minimum Gasteiger partial charge on any atom is -0.479 e. The lowest BCUT2D eigenvalue weighted by atomic mass is 10.2. The number of thiophene rings is 1. The molecule has 0 bridgehead atoms. The summed E-state index contributed by atoms with van der Waals surface area (Å²) in [6.45, 7) is 1.51. The molecule has 0 radical (unpaired) electrons. The topological polar surface area (TPSA) is 46.5 Å². The monoisotopic (exact) mass is 248 g/mol. The summed E-state index contributed by atoms with van der Waals surface area (Å²) in [5, 5.41) is 10.7. The summed E-state index contributed by atoms with van der Waals surface area (Å²) >= 11 is 1.67. The third-order valence-electron chi connectivity index (χ3n) is 2.32. The molecule has 17 heavy (non-hydrogen) atoms. The van der Waals surface area contributed by atoms with Crippen molar-refractivity contribution in [1.29, 1.82) is 0 Å². The zero-order chi connectivity index (χ0) is 12.3. The first-order valence-electron chi connectivity index (χ1n) is 5.20. The Morgan fingerprint density at radius 3 is 2.53 bits per heavy atom. The van der Waals surface area contributed by atoms with Gasteiger partial charge in [-0.15, -0.1) is 11.3 Å². The molecule has 1 atom stereocenters. The van der Waals surface area contributed by atoms with Crippen LogP contribution in [0.4, 0.5) is 0 Å². The number of ether oxygens (including phenoxy) is 1. The van der Waals surface area contributed by atoms with Crippen molar-refractivity contribution in [1.82, 2.24) is 0 Å². The number of carbonyl (C=O) groups is 1. The summed E-state index contributed by atoms with van der Waals surface area (Å²) in [7, 11) is 0. The van der Waals surface area contributed by atoms with Crippen LogP contribution in [0.25, 0.3) is 10.4 Å². The lowest BCUT2D eigenvalue weighted by Gasteiger charge is -2.10. The van der Waals surface area contributed by atoms with Crippen LogP contribution in [-0.2, 0) is 4.79 Å². The lowest BCUT2D eigenvalue weighted by molar-refractivity contribution is -0.144. The SMILES string of the molecule is CC(Oc1ccc(-c2cccs2)cc1)C(=O)O. The molecule has 0 saturated heterocycles. The molecule has 2 rings (SSSR count). The van der Waals surface area contributed by atoms with Gasteiger partial charge in [0.15, 0.2) is 6.10 Å². The Morgan fingerprint density at radius 2 is 2.00 bits per heavy atom. The van der Waals surface area contributed by atoms with Gasteiger partial charge in [-0.05, 0) is 48.2 Å². The maximum absolute atomic E-state index is 10.6. The van der Waals surface area contributed by atoms with Gasteiger partial charge >= 0.3 is 5.97 Å². The number of rotatable bonds is 4. The van der Waals surface area contributed by atoms with E-state index in [9.17, 15) is 4.79 Å². The van der Waals surface area contributed by atoms with E-state index in [1.54, 1.807) is 23.5 Å². The zero-order valence-electron chi connectivity index (χ0n) is 9.29. The summed E-state index contributed by atoms with van der Waals surface area (Å²) in [6.07, 6.45) is -0.831. The highest BCUT2D eigenvalue weighted by atomic mass is 32.1. The summed E-state index contributed by atoms with van der Waals surface area (Å²) in [5.41, 5.74) is 1.11. The Labute approximate surface area is 103 Å². The zero-order valence-corrected chi connectivity index (χ0v) is 10.1. The van der Waals surface area contributed by atoms with Crippen LogP contribution in [0.3, 0.4) is 0 Å². The van der Waals surface area contributed by atoms with Gasteiger partial charge in [0.25, 0.3) is 0 Å². The fraction of sp³-hybridized carbons (Fsp3) is 0.154. The van der Waals surface area contributed by atoms with Gasteiger partial charge in [0.1, 0.15) is 5.75 Å². The molecule has 0 aliphatic carbocycles. The number of benzene rings is 1. The van der Waals surface area contributed by atoms with Gasteiger partial charge in [-0.3, -0.25) is 0 Å². The number of aliphatic carboxylic acids is 1. The van der Waals surface area contributed by atoms with Crippen molar-refractivity contribution in [2.24, 2.45) is 0 Å². The van der Waals surface area contributed by atoms with Crippen LogP contribution in [0.1, 0.15) is 6.92 Å². The van der Waals surface area contributed by atoms with Gasteiger partial charge in [0.05, 0.1) is 0 Å². The van der Waals surface area contributed by atoms with Crippen LogP contribution >= 0.6 is 11.3 Å². The normalized spacial score (nSPS) is 12.1. The molecule has 0 aliphatic rings. The second-order valence-electron chi connectivity index (χ2n) is 3.60. The lowest BCUT2D eigenvalue weighted by Crippen LogP contribution is -2.22. The molecular formula is C13H12O3S. The van der Waals surface area contributed by atoms with Gasteiger partial charge in [-0.2, -0.15) is 0 Å². The fourth-order valence-corrected chi connectivity index (χ4v) is 2.13. The van der Waals surface area contributed by atoms with E-state index in [4.69, 9.17) is 9.84 Å². The molecule has 0 spiro atoms. The van der Waals surface area contributed by atoms with Crippen molar-refractivity contribution in [3.63, 3.8) is 0 Å². The van der Waals surface area contributed by atoms with Gasteiger partial charge in [0.2, 0.25) is 0 Å². The highest BCUT2D eigenvalue weighted by Crippen LogP contribution is 2.26. The molecule has 1 N–H and O–H groups in total. The largest absolute Gasteiger partial charge is 0.479 e. The smallest absolute Gasteiger partial charge is 0.344 e. The quantitative estimate of drug-likeness (QED) is 0.903. The molecule has 0 saturated carbocycles. The molecule has 0 fully saturated rings. The number of carboxylic acids is 1. The Hall–Kier alpha value is -1.81. The molecule has 4 heteroatoms. The van der Waals surface area contributed by atoms with Gasteiger partial charge in [-0.25, -0.2) is 4.79 Å². The molecule has 1 unspecified atom stereocenters. The van der Waals surface area contributed by atoms with Crippen molar-refractivity contribution < 1.29 is 14.6 Å². The summed E-state index contributed by atoms with van der Waals surface area (Å²) in [5.74, 6) is -0.396. The first-order chi connectivity index (χ1) is 8.16. The van der Waals surface area contributed by atoms with Crippen molar-refractivity contribution in [3.05, 3.63) is 41.8 Å². The molecule has 3 nitrogen and oxygen atoms in total. The van der Waals surface area contributed by atoms with E-state index in [-0.39, 0.29) is 0 Å². The Balaban J connectivity index is 2.11.